The van der Waals surface area contributed by atoms with Gasteiger partial charge in [0.05, 0.1) is 0 Å². The van der Waals surface area contributed by atoms with Crippen LogP contribution in [0.25, 0.3) is 0 Å². The molecule has 1 unspecified atom stereocenters. The van der Waals surface area contributed by atoms with E-state index in [4.69, 9.17) is 11.6 Å². The van der Waals surface area contributed by atoms with Crippen molar-refractivity contribution in [2.75, 3.05) is 23.7 Å². The molecule has 2 rings (SSSR count). The first-order chi connectivity index (χ1) is 8.11. The van der Waals surface area contributed by atoms with E-state index < -0.39 is 0 Å². The lowest BCUT2D eigenvalue weighted by molar-refractivity contribution is 0.714. The fourth-order valence-electron chi connectivity index (χ4n) is 2.05. The van der Waals surface area contributed by atoms with Gasteiger partial charge >= 0.3 is 0 Å². The highest BCUT2D eigenvalue weighted by atomic mass is 35.5. The van der Waals surface area contributed by atoms with Gasteiger partial charge in [-0.2, -0.15) is 11.8 Å². The van der Waals surface area contributed by atoms with E-state index in [0.717, 1.165) is 30.3 Å². The van der Waals surface area contributed by atoms with Crippen LogP contribution in [0.3, 0.4) is 0 Å². The van der Waals surface area contributed by atoms with Gasteiger partial charge in [-0.1, -0.05) is 18.5 Å². The van der Waals surface area contributed by atoms with Gasteiger partial charge in [-0.15, -0.1) is 0 Å². The van der Waals surface area contributed by atoms with Crippen molar-refractivity contribution in [1.29, 1.82) is 0 Å². The highest BCUT2D eigenvalue weighted by molar-refractivity contribution is 8.00. The van der Waals surface area contributed by atoms with Crippen molar-refractivity contribution in [3.05, 3.63) is 16.5 Å². The number of aryl methyl sites for hydroxylation is 1. The van der Waals surface area contributed by atoms with Crippen molar-refractivity contribution in [1.82, 2.24) is 9.97 Å². The molecule has 5 heteroatoms. The van der Waals surface area contributed by atoms with Crippen molar-refractivity contribution in [2.45, 2.75) is 32.4 Å². The molecule has 2 heterocycles. The molecular weight excluding hydrogens is 254 g/mol. The Balaban J connectivity index is 2.27. The molecule has 0 bridgehead atoms. The number of thioether (sulfide) groups is 1. The van der Waals surface area contributed by atoms with Crippen LogP contribution in [0.4, 0.5) is 5.82 Å². The van der Waals surface area contributed by atoms with Gasteiger partial charge in [0.2, 0.25) is 0 Å². The van der Waals surface area contributed by atoms with Crippen molar-refractivity contribution in [3.8, 4) is 0 Å². The lowest BCUT2D eigenvalue weighted by Crippen LogP contribution is -2.38. The highest BCUT2D eigenvalue weighted by Crippen LogP contribution is 2.28. The fourth-order valence-corrected chi connectivity index (χ4v) is 3.43. The van der Waals surface area contributed by atoms with Crippen LogP contribution in [-0.4, -0.2) is 34.1 Å². The summed E-state index contributed by atoms with van der Waals surface area (Å²) >= 11 is 8.18. The summed E-state index contributed by atoms with van der Waals surface area (Å²) in [7, 11) is 0. The third kappa shape index (κ3) is 2.86. The molecule has 0 N–H and O–H groups in total. The summed E-state index contributed by atoms with van der Waals surface area (Å²) in [4.78, 5) is 11.1. The van der Waals surface area contributed by atoms with Crippen LogP contribution >= 0.6 is 23.4 Å². The first-order valence-electron chi connectivity index (χ1n) is 5.99. The van der Waals surface area contributed by atoms with E-state index in [0.29, 0.717) is 10.4 Å². The quantitative estimate of drug-likeness (QED) is 0.773. The van der Waals surface area contributed by atoms with Gasteiger partial charge < -0.3 is 4.90 Å². The largest absolute Gasteiger partial charge is 0.354 e. The van der Waals surface area contributed by atoms with Crippen molar-refractivity contribution in [2.24, 2.45) is 0 Å². The molecule has 0 saturated carbocycles. The number of rotatable bonds is 2. The molecule has 1 aliphatic rings. The monoisotopic (exact) mass is 271 g/mol. The zero-order valence-electron chi connectivity index (χ0n) is 10.5. The SMILES string of the molecule is CCC1CN(c2nc(C)nc(Cl)c2C)CCS1. The van der Waals surface area contributed by atoms with E-state index in [1.165, 1.54) is 12.2 Å². The second kappa shape index (κ2) is 5.44. The van der Waals surface area contributed by atoms with Gasteiger partial charge in [-0.05, 0) is 20.3 Å². The molecule has 3 nitrogen and oxygen atoms in total. The minimum absolute atomic E-state index is 0.582. The molecule has 0 spiro atoms. The Morgan fingerprint density at radius 1 is 1.41 bits per heavy atom. The van der Waals surface area contributed by atoms with Gasteiger partial charge in [0, 0.05) is 29.7 Å². The molecule has 94 valence electrons. The van der Waals surface area contributed by atoms with Gasteiger partial charge in [0.15, 0.2) is 0 Å². The van der Waals surface area contributed by atoms with Crippen LogP contribution in [0.5, 0.6) is 0 Å². The molecule has 0 aromatic carbocycles. The zero-order chi connectivity index (χ0) is 12.4. The normalized spacial score (nSPS) is 20.7. The fraction of sp³-hybridized carbons (Fsp3) is 0.667. The molecular formula is C12H18ClN3S. The molecule has 0 radical (unpaired) electrons. The van der Waals surface area contributed by atoms with Crippen molar-refractivity contribution < 1.29 is 0 Å². The summed E-state index contributed by atoms with van der Waals surface area (Å²) in [5.41, 5.74) is 0.999. The van der Waals surface area contributed by atoms with Gasteiger partial charge in [0.1, 0.15) is 16.8 Å². The molecule has 17 heavy (non-hydrogen) atoms. The van der Waals surface area contributed by atoms with E-state index in [9.17, 15) is 0 Å². The standard InChI is InChI=1S/C12H18ClN3S/c1-4-10-7-16(5-6-17-10)12-8(2)11(13)14-9(3)15-12/h10H,4-7H2,1-3H3. The number of anilines is 1. The minimum atomic E-state index is 0.582. The smallest absolute Gasteiger partial charge is 0.137 e. The van der Waals surface area contributed by atoms with Crippen LogP contribution in [0.15, 0.2) is 0 Å². The highest BCUT2D eigenvalue weighted by Gasteiger charge is 2.22. The van der Waals surface area contributed by atoms with Gasteiger partial charge in [-0.25, -0.2) is 9.97 Å². The molecule has 1 aromatic heterocycles. The van der Waals surface area contributed by atoms with Crippen LogP contribution in [0.2, 0.25) is 5.15 Å². The van der Waals surface area contributed by atoms with E-state index in [-0.39, 0.29) is 0 Å². The molecule has 1 atom stereocenters. The Morgan fingerprint density at radius 2 is 2.18 bits per heavy atom. The van der Waals surface area contributed by atoms with Crippen molar-refractivity contribution >= 4 is 29.2 Å². The third-order valence-corrected chi connectivity index (χ3v) is 4.81. The Kier molecular flexibility index (Phi) is 4.15. The maximum Gasteiger partial charge on any atom is 0.137 e. The predicted molar refractivity (Wildman–Crippen MR) is 75.3 cm³/mol. The number of aromatic nitrogens is 2. The lowest BCUT2D eigenvalue weighted by atomic mass is 10.2. The summed E-state index contributed by atoms with van der Waals surface area (Å²) in [6.07, 6.45) is 1.21. The lowest BCUT2D eigenvalue weighted by Gasteiger charge is -2.33. The second-order valence-corrected chi connectivity index (χ2v) is 6.12. The Hall–Kier alpha value is -0.480. The third-order valence-electron chi connectivity index (χ3n) is 3.07. The number of halogens is 1. The summed E-state index contributed by atoms with van der Waals surface area (Å²) < 4.78 is 0. The molecule has 0 amide bonds. The first-order valence-corrected chi connectivity index (χ1v) is 7.41. The van der Waals surface area contributed by atoms with Crippen LogP contribution in [-0.2, 0) is 0 Å². The van der Waals surface area contributed by atoms with E-state index >= 15 is 0 Å². The van der Waals surface area contributed by atoms with E-state index in [1.54, 1.807) is 0 Å². The average Bonchev–Trinajstić information content (AvgIpc) is 2.34. The molecule has 1 aromatic rings. The molecule has 1 aliphatic heterocycles. The maximum atomic E-state index is 6.13. The van der Waals surface area contributed by atoms with Gasteiger partial charge in [0.25, 0.3) is 0 Å². The average molecular weight is 272 g/mol. The Labute approximate surface area is 112 Å². The number of nitrogens with zero attached hydrogens (tertiary/aromatic N) is 3. The number of hydrogen-bond acceptors (Lipinski definition) is 4. The summed E-state index contributed by atoms with van der Waals surface area (Å²) in [6, 6.07) is 0. The van der Waals surface area contributed by atoms with Gasteiger partial charge in [-0.3, -0.25) is 0 Å². The molecule has 1 fully saturated rings. The zero-order valence-corrected chi connectivity index (χ0v) is 12.1. The van der Waals surface area contributed by atoms with Crippen LogP contribution in [0, 0.1) is 13.8 Å². The van der Waals surface area contributed by atoms with Crippen molar-refractivity contribution in [3.63, 3.8) is 0 Å². The summed E-state index contributed by atoms with van der Waals surface area (Å²) in [6.45, 7) is 8.25. The Bertz CT molecular complexity index is 411. The van der Waals surface area contributed by atoms with E-state index in [2.05, 4.69) is 33.6 Å². The van der Waals surface area contributed by atoms with Crippen LogP contribution in [0.1, 0.15) is 24.7 Å². The summed E-state index contributed by atoms with van der Waals surface area (Å²) in [5.74, 6) is 2.93. The number of hydrogen-bond donors (Lipinski definition) is 0. The maximum absolute atomic E-state index is 6.13. The minimum Gasteiger partial charge on any atom is -0.354 e. The predicted octanol–water partition coefficient (Wildman–Crippen LogP) is 3.08. The topological polar surface area (TPSA) is 29.0 Å². The molecule has 0 aliphatic carbocycles. The van der Waals surface area contributed by atoms with E-state index in [1.807, 2.05) is 13.8 Å². The first kappa shape index (κ1) is 13.0. The second-order valence-electron chi connectivity index (χ2n) is 4.36. The Morgan fingerprint density at radius 3 is 2.88 bits per heavy atom. The molecule has 1 saturated heterocycles. The summed E-state index contributed by atoms with van der Waals surface area (Å²) in [5, 5.41) is 1.29. The van der Waals surface area contributed by atoms with Crippen LogP contribution < -0.4 is 4.90 Å².